The lowest BCUT2D eigenvalue weighted by atomic mass is 10.1. The van der Waals surface area contributed by atoms with E-state index in [1.165, 1.54) is 16.7 Å². The number of rotatable bonds is 8. The highest BCUT2D eigenvalue weighted by Crippen LogP contribution is 2.21. The topological polar surface area (TPSA) is 84.3 Å². The Kier molecular flexibility index (Phi) is 9.50. The summed E-state index contributed by atoms with van der Waals surface area (Å²) in [4.78, 5) is 45.6. The second kappa shape index (κ2) is 12.8. The van der Waals surface area contributed by atoms with Gasteiger partial charge in [0.25, 0.3) is 11.5 Å². The molecule has 4 rings (SSSR count). The molecule has 1 atom stereocenters. The fourth-order valence-corrected chi connectivity index (χ4v) is 5.41. The maximum absolute atomic E-state index is 14.1. The van der Waals surface area contributed by atoms with Crippen molar-refractivity contribution in [1.29, 1.82) is 0 Å². The molecule has 1 fully saturated rings. The van der Waals surface area contributed by atoms with E-state index in [0.29, 0.717) is 28.3 Å². The molecule has 1 saturated heterocycles. The highest BCUT2D eigenvalue weighted by molar-refractivity contribution is 9.10. The molecule has 3 aromatic rings. The monoisotopic (exact) mass is 614 g/mol. The molecule has 0 aliphatic carbocycles. The van der Waals surface area contributed by atoms with E-state index in [9.17, 15) is 23.2 Å². The van der Waals surface area contributed by atoms with Gasteiger partial charge in [-0.25, -0.2) is 13.8 Å². The summed E-state index contributed by atoms with van der Waals surface area (Å²) in [5, 5.41) is 2.85. The van der Waals surface area contributed by atoms with Crippen LogP contribution in [0.1, 0.15) is 59.2 Å². The number of nitrogens with zero attached hydrogens (tertiary/aromatic N) is 3. The van der Waals surface area contributed by atoms with Crippen LogP contribution >= 0.6 is 15.9 Å². The van der Waals surface area contributed by atoms with Crippen molar-refractivity contribution in [3.8, 4) is 5.69 Å². The summed E-state index contributed by atoms with van der Waals surface area (Å²) in [6.07, 6.45) is 3.67. The number of nitrogens with one attached hydrogen (secondary N) is 1. The molecule has 0 bridgehead atoms. The van der Waals surface area contributed by atoms with Gasteiger partial charge >= 0.3 is 0 Å². The number of likely N-dealkylation sites (tertiary alicyclic amines) is 1. The summed E-state index contributed by atoms with van der Waals surface area (Å²) in [6, 6.07) is 8.50. The van der Waals surface area contributed by atoms with Crippen LogP contribution in [0.3, 0.4) is 0 Å². The number of piperidine rings is 1. The molecule has 0 saturated carbocycles. The van der Waals surface area contributed by atoms with Crippen LogP contribution in [0.5, 0.6) is 0 Å². The van der Waals surface area contributed by atoms with Crippen LogP contribution in [0.2, 0.25) is 0 Å². The van der Waals surface area contributed by atoms with E-state index in [1.807, 2.05) is 18.7 Å². The fourth-order valence-electron chi connectivity index (χ4n) is 4.94. The molecule has 2 aromatic carbocycles. The quantitative estimate of drug-likeness (QED) is 0.385. The summed E-state index contributed by atoms with van der Waals surface area (Å²) < 4.78 is 29.0. The highest BCUT2D eigenvalue weighted by atomic mass is 79.9. The van der Waals surface area contributed by atoms with Crippen molar-refractivity contribution in [1.82, 2.24) is 19.8 Å². The van der Waals surface area contributed by atoms with Gasteiger partial charge in [-0.05, 0) is 91.2 Å². The van der Waals surface area contributed by atoms with Crippen molar-refractivity contribution in [3.63, 3.8) is 0 Å². The summed E-state index contributed by atoms with van der Waals surface area (Å²) in [6.45, 7) is 7.08. The molecule has 0 spiro atoms. The van der Waals surface area contributed by atoms with Crippen LogP contribution in [-0.2, 0) is 17.6 Å². The van der Waals surface area contributed by atoms with E-state index < -0.39 is 11.6 Å². The molecule has 2 amide bonds. The zero-order valence-electron chi connectivity index (χ0n) is 22.9. The number of aromatic nitrogens is 2. The molecule has 0 radical (unpaired) electrons. The number of carbonyl (C=O) groups excluding carboxylic acids is 2. The standard InChI is InChI=1S/C30H33BrF2N4O3/c1-18-7-8-22(28(38)34-17-19(2)29(39)36-13-5-4-6-14-36)15-26(18)37-20(3)35-25(27(31)30(37)40)12-10-21-9-11-23(32)16-24(21)33/h7-9,11,15-16,19H,4-6,10,12-14,17H2,1-3H3,(H,34,38). The summed E-state index contributed by atoms with van der Waals surface area (Å²) in [7, 11) is 0. The van der Waals surface area contributed by atoms with Gasteiger partial charge in [-0.1, -0.05) is 19.1 Å². The van der Waals surface area contributed by atoms with E-state index in [0.717, 1.165) is 44.0 Å². The fraction of sp³-hybridized carbons (Fsp3) is 0.400. The molecule has 212 valence electrons. The van der Waals surface area contributed by atoms with Crippen LogP contribution < -0.4 is 10.9 Å². The lowest BCUT2D eigenvalue weighted by Gasteiger charge is -2.29. The molecular weight excluding hydrogens is 582 g/mol. The van der Waals surface area contributed by atoms with Gasteiger partial charge in [-0.2, -0.15) is 0 Å². The third kappa shape index (κ3) is 6.66. The number of hydrogen-bond acceptors (Lipinski definition) is 4. The zero-order chi connectivity index (χ0) is 29.0. The molecule has 1 aliphatic rings. The molecule has 1 aromatic heterocycles. The van der Waals surface area contributed by atoms with Crippen LogP contribution in [0.25, 0.3) is 5.69 Å². The van der Waals surface area contributed by atoms with Crippen LogP contribution in [0, 0.1) is 31.4 Å². The maximum atomic E-state index is 14.1. The van der Waals surface area contributed by atoms with Crippen LogP contribution in [0.15, 0.2) is 45.7 Å². The molecular formula is C30H33BrF2N4O3. The van der Waals surface area contributed by atoms with Crippen LogP contribution in [-0.4, -0.2) is 45.9 Å². The molecule has 1 aliphatic heterocycles. The zero-order valence-corrected chi connectivity index (χ0v) is 24.5. The summed E-state index contributed by atoms with van der Waals surface area (Å²) in [5.74, 6) is -1.51. The summed E-state index contributed by atoms with van der Waals surface area (Å²) >= 11 is 3.36. The Morgan fingerprint density at radius 1 is 1.05 bits per heavy atom. The number of hydrogen-bond donors (Lipinski definition) is 1. The first-order chi connectivity index (χ1) is 19.1. The highest BCUT2D eigenvalue weighted by Gasteiger charge is 2.23. The normalized spacial score (nSPS) is 14.2. The Morgan fingerprint density at radius 3 is 2.48 bits per heavy atom. The lowest BCUT2D eigenvalue weighted by molar-refractivity contribution is -0.135. The van der Waals surface area contributed by atoms with E-state index in [2.05, 4.69) is 26.2 Å². The van der Waals surface area contributed by atoms with Gasteiger partial charge in [0.1, 0.15) is 21.9 Å². The van der Waals surface area contributed by atoms with Crippen molar-refractivity contribution in [2.75, 3.05) is 19.6 Å². The lowest BCUT2D eigenvalue weighted by Crippen LogP contribution is -2.42. The Hall–Kier alpha value is -3.40. The SMILES string of the molecule is Cc1ccc(C(=O)NCC(C)C(=O)N2CCCCC2)cc1-n1c(C)nc(CCc2ccc(F)cc2F)c(Br)c1=O. The summed E-state index contributed by atoms with van der Waals surface area (Å²) in [5.41, 5.74) is 2.07. The second-order valence-electron chi connectivity index (χ2n) is 10.3. The van der Waals surface area contributed by atoms with Crippen molar-refractivity contribution in [2.24, 2.45) is 5.92 Å². The van der Waals surface area contributed by atoms with Crippen LogP contribution in [0.4, 0.5) is 8.78 Å². The average Bonchev–Trinajstić information content (AvgIpc) is 2.94. The predicted octanol–water partition coefficient (Wildman–Crippen LogP) is 5.05. The number of halogens is 3. The Morgan fingerprint density at radius 2 is 1.77 bits per heavy atom. The van der Waals surface area contributed by atoms with Crippen molar-refractivity contribution < 1.29 is 18.4 Å². The van der Waals surface area contributed by atoms with Crippen molar-refractivity contribution in [2.45, 2.75) is 52.9 Å². The molecule has 1 N–H and O–H groups in total. The average molecular weight is 616 g/mol. The Labute approximate surface area is 240 Å². The van der Waals surface area contributed by atoms with Gasteiger partial charge in [0.15, 0.2) is 0 Å². The minimum absolute atomic E-state index is 0.0463. The second-order valence-corrected chi connectivity index (χ2v) is 11.1. The predicted molar refractivity (Wildman–Crippen MR) is 153 cm³/mol. The van der Waals surface area contributed by atoms with Crippen molar-refractivity contribution >= 4 is 27.7 Å². The van der Waals surface area contributed by atoms with Crippen molar-refractivity contribution in [3.05, 3.63) is 91.1 Å². The molecule has 10 heteroatoms. The van der Waals surface area contributed by atoms with E-state index >= 15 is 0 Å². The largest absolute Gasteiger partial charge is 0.351 e. The van der Waals surface area contributed by atoms with E-state index in [1.54, 1.807) is 25.1 Å². The minimum atomic E-state index is -0.647. The number of aryl methyl sites for hydroxylation is 4. The third-order valence-electron chi connectivity index (χ3n) is 7.28. The smallest absolute Gasteiger partial charge is 0.272 e. The third-order valence-corrected chi connectivity index (χ3v) is 8.08. The molecule has 7 nitrogen and oxygen atoms in total. The first-order valence-electron chi connectivity index (χ1n) is 13.5. The van der Waals surface area contributed by atoms with E-state index in [4.69, 9.17) is 0 Å². The molecule has 2 heterocycles. The van der Waals surface area contributed by atoms with Gasteiger partial charge < -0.3 is 10.2 Å². The van der Waals surface area contributed by atoms with Gasteiger partial charge in [0.2, 0.25) is 5.91 Å². The van der Waals surface area contributed by atoms with Gasteiger partial charge in [0.05, 0.1) is 17.3 Å². The first kappa shape index (κ1) is 29.6. The Balaban J connectivity index is 1.51. The van der Waals surface area contributed by atoms with Gasteiger partial charge in [-0.15, -0.1) is 0 Å². The number of amides is 2. The number of benzene rings is 2. The van der Waals surface area contributed by atoms with E-state index in [-0.39, 0.29) is 47.2 Å². The molecule has 1 unspecified atom stereocenters. The minimum Gasteiger partial charge on any atom is -0.351 e. The first-order valence-corrected chi connectivity index (χ1v) is 14.3. The Bertz CT molecular complexity index is 1480. The van der Waals surface area contributed by atoms with Gasteiger partial charge in [-0.3, -0.25) is 19.0 Å². The maximum Gasteiger partial charge on any atom is 0.272 e. The number of carbonyl (C=O) groups is 2. The van der Waals surface area contributed by atoms with Gasteiger partial charge in [0, 0.05) is 31.3 Å². The molecule has 40 heavy (non-hydrogen) atoms.